The molecule has 3 amide bonds. The minimum Gasteiger partial charge on any atom is -0.447 e. The van der Waals surface area contributed by atoms with Crippen molar-refractivity contribution in [3.05, 3.63) is 35.4 Å². The van der Waals surface area contributed by atoms with Gasteiger partial charge < -0.3 is 18.7 Å². The lowest BCUT2D eigenvalue weighted by atomic mass is 9.94. The van der Waals surface area contributed by atoms with Gasteiger partial charge >= 0.3 is 31.9 Å². The molecule has 3 heterocycles. The molecule has 0 unspecified atom stereocenters. The predicted molar refractivity (Wildman–Crippen MR) is 116 cm³/mol. The van der Waals surface area contributed by atoms with Crippen LogP contribution in [0.2, 0.25) is 0 Å². The molecule has 0 spiro atoms. The summed E-state index contributed by atoms with van der Waals surface area (Å²) < 4.78 is 36.0. The third kappa shape index (κ3) is 4.54. The summed E-state index contributed by atoms with van der Waals surface area (Å²) in [6.07, 6.45) is -2.63. The van der Waals surface area contributed by atoms with Crippen LogP contribution in [0.5, 0.6) is 0 Å². The number of fused-ring (bicyclic) bond motifs is 1. The lowest BCUT2D eigenvalue weighted by molar-refractivity contribution is -0.141. The van der Waals surface area contributed by atoms with E-state index in [1.54, 1.807) is 26.8 Å². The molecular formula is C21H26N3O9P. The normalized spacial score (nSPS) is 20.6. The number of nitrogens with zero attached hydrogens (tertiary/aromatic N) is 3. The molecule has 4 rings (SSSR count). The molecular weight excluding hydrogens is 469 g/mol. The van der Waals surface area contributed by atoms with Crippen LogP contribution in [0.25, 0.3) is 0 Å². The van der Waals surface area contributed by atoms with Gasteiger partial charge in [-0.15, -0.1) is 0 Å². The van der Waals surface area contributed by atoms with Crippen molar-refractivity contribution in [2.24, 2.45) is 0 Å². The molecule has 1 atom stereocenters. The van der Waals surface area contributed by atoms with Gasteiger partial charge in [0.2, 0.25) is 0 Å². The van der Waals surface area contributed by atoms with E-state index in [4.69, 9.17) is 18.7 Å². The Balaban J connectivity index is 1.66. The van der Waals surface area contributed by atoms with Crippen molar-refractivity contribution in [3.63, 3.8) is 0 Å². The zero-order chi connectivity index (χ0) is 24.7. The molecule has 1 aromatic rings. The molecule has 0 N–H and O–H groups in total. The Hall–Kier alpha value is -3.27. The molecule has 0 saturated carbocycles. The zero-order valence-corrected chi connectivity index (χ0v) is 20.0. The number of rotatable bonds is 4. The highest BCUT2D eigenvalue weighted by Crippen LogP contribution is 2.57. The Bertz CT molecular complexity index is 1040. The SMILES string of the molecule is CC(C)(C)OC(=O)N1Cc2ccccc2C[C@@H]1C(=O)OP(=O)(N1CCOC1=O)N1CCOC1=O. The van der Waals surface area contributed by atoms with Crippen molar-refractivity contribution in [1.82, 2.24) is 14.2 Å². The first kappa shape index (κ1) is 23.9. The first-order valence-corrected chi connectivity index (χ1v) is 12.3. The highest BCUT2D eigenvalue weighted by molar-refractivity contribution is 7.56. The molecule has 3 aliphatic rings. The topological polar surface area (TPSA) is 132 Å². The van der Waals surface area contributed by atoms with Crippen molar-refractivity contribution in [2.75, 3.05) is 26.3 Å². The first-order valence-electron chi connectivity index (χ1n) is 10.8. The van der Waals surface area contributed by atoms with Crippen molar-refractivity contribution in [1.29, 1.82) is 0 Å². The van der Waals surface area contributed by atoms with Crippen LogP contribution in [-0.4, -0.2) is 76.4 Å². The Morgan fingerprint density at radius 1 is 1.00 bits per heavy atom. The Morgan fingerprint density at radius 3 is 2.06 bits per heavy atom. The molecule has 0 radical (unpaired) electrons. The molecule has 3 aliphatic heterocycles. The van der Waals surface area contributed by atoms with Crippen molar-refractivity contribution >= 4 is 31.9 Å². The average Bonchev–Trinajstić information content (AvgIpc) is 3.40. The zero-order valence-electron chi connectivity index (χ0n) is 19.1. The van der Waals surface area contributed by atoms with Gasteiger partial charge in [0.15, 0.2) is 0 Å². The monoisotopic (exact) mass is 495 g/mol. The van der Waals surface area contributed by atoms with Crippen LogP contribution >= 0.6 is 7.67 Å². The lowest BCUT2D eigenvalue weighted by Crippen LogP contribution is -2.51. The van der Waals surface area contributed by atoms with E-state index in [1.165, 1.54) is 4.90 Å². The second-order valence-corrected chi connectivity index (χ2v) is 11.1. The van der Waals surface area contributed by atoms with Crippen molar-refractivity contribution < 1.29 is 42.5 Å². The van der Waals surface area contributed by atoms with Crippen LogP contribution in [0.3, 0.4) is 0 Å². The molecule has 0 aromatic heterocycles. The van der Waals surface area contributed by atoms with E-state index in [0.717, 1.165) is 20.5 Å². The first-order chi connectivity index (χ1) is 16.0. The molecule has 0 bridgehead atoms. The fraction of sp³-hybridized carbons (Fsp3) is 0.524. The minimum atomic E-state index is -4.54. The number of carbonyl (C=O) groups excluding carboxylic acids is 4. The second kappa shape index (κ2) is 8.83. The lowest BCUT2D eigenvalue weighted by Gasteiger charge is -2.37. The average molecular weight is 495 g/mol. The number of cyclic esters (lactones) is 2. The van der Waals surface area contributed by atoms with Crippen LogP contribution < -0.4 is 0 Å². The molecule has 1 aromatic carbocycles. The van der Waals surface area contributed by atoms with Gasteiger partial charge in [-0.1, -0.05) is 24.3 Å². The quantitative estimate of drug-likeness (QED) is 0.457. The number of hydrogen-bond acceptors (Lipinski definition) is 9. The van der Waals surface area contributed by atoms with E-state index in [2.05, 4.69) is 0 Å². The van der Waals surface area contributed by atoms with Gasteiger partial charge in [-0.25, -0.2) is 33.1 Å². The molecule has 0 aliphatic carbocycles. The van der Waals surface area contributed by atoms with Gasteiger partial charge in [0, 0.05) is 6.42 Å². The van der Waals surface area contributed by atoms with E-state index < -0.39 is 43.6 Å². The number of hydrogen-bond donors (Lipinski definition) is 0. The fourth-order valence-corrected chi connectivity index (χ4v) is 5.89. The van der Waals surface area contributed by atoms with E-state index in [1.807, 2.05) is 18.2 Å². The highest BCUT2D eigenvalue weighted by atomic mass is 31.2. The van der Waals surface area contributed by atoms with Gasteiger partial charge in [-0.2, -0.15) is 0 Å². The molecule has 34 heavy (non-hydrogen) atoms. The Labute approximate surface area is 196 Å². The summed E-state index contributed by atoms with van der Waals surface area (Å²) in [5.74, 6) is -1.04. The van der Waals surface area contributed by atoms with Crippen LogP contribution in [0.4, 0.5) is 14.4 Å². The van der Waals surface area contributed by atoms with Crippen LogP contribution in [0.1, 0.15) is 31.9 Å². The molecule has 2 saturated heterocycles. The Morgan fingerprint density at radius 2 is 1.56 bits per heavy atom. The highest BCUT2D eigenvalue weighted by Gasteiger charge is 2.54. The number of ether oxygens (including phenoxy) is 3. The minimum absolute atomic E-state index is 0.0622. The molecule has 184 valence electrons. The summed E-state index contributed by atoms with van der Waals surface area (Å²) in [7, 11) is -4.54. The van der Waals surface area contributed by atoms with Gasteiger partial charge in [-0.3, -0.25) is 4.90 Å². The molecule has 13 heteroatoms. The summed E-state index contributed by atoms with van der Waals surface area (Å²) in [6.45, 7) is 4.71. The summed E-state index contributed by atoms with van der Waals surface area (Å²) in [6, 6.07) is 6.07. The summed E-state index contributed by atoms with van der Waals surface area (Å²) in [5.41, 5.74) is 0.809. The van der Waals surface area contributed by atoms with Gasteiger partial charge in [-0.05, 0) is 31.9 Å². The summed E-state index contributed by atoms with van der Waals surface area (Å²) in [4.78, 5) is 52.0. The van der Waals surface area contributed by atoms with Gasteiger partial charge in [0.1, 0.15) is 24.9 Å². The fourth-order valence-electron chi connectivity index (χ4n) is 3.88. The van der Waals surface area contributed by atoms with E-state index >= 15 is 0 Å². The molecule has 12 nitrogen and oxygen atoms in total. The third-order valence-corrected chi connectivity index (χ3v) is 7.81. The smallest absolute Gasteiger partial charge is 0.447 e. The Kier molecular flexibility index (Phi) is 6.20. The van der Waals surface area contributed by atoms with E-state index in [9.17, 15) is 23.7 Å². The third-order valence-electron chi connectivity index (χ3n) is 5.45. The second-order valence-electron chi connectivity index (χ2n) is 8.97. The largest absolute Gasteiger partial charge is 0.461 e. The standard InChI is InChI=1S/C21H26N3O9P/c1-21(2,3)32-18(26)22-13-15-7-5-4-6-14(15)12-16(22)17(25)33-34(29,23-8-10-30-19(23)27)24-9-11-31-20(24)28/h4-7,16H,8-13H2,1-3H3/t16-/m1/s1. The maximum absolute atomic E-state index is 13.9. The maximum Gasteiger partial charge on any atom is 0.461 e. The summed E-state index contributed by atoms with van der Waals surface area (Å²) in [5, 5.41) is 0. The van der Waals surface area contributed by atoms with E-state index in [-0.39, 0.29) is 39.3 Å². The van der Waals surface area contributed by atoms with Gasteiger partial charge in [0.25, 0.3) is 0 Å². The number of carbonyl (C=O) groups is 4. The number of amides is 3. The van der Waals surface area contributed by atoms with Crippen LogP contribution in [0.15, 0.2) is 24.3 Å². The van der Waals surface area contributed by atoms with Crippen LogP contribution in [-0.2, 0) is 41.1 Å². The van der Waals surface area contributed by atoms with Crippen molar-refractivity contribution in [3.8, 4) is 0 Å². The van der Waals surface area contributed by atoms with Crippen LogP contribution in [0, 0.1) is 0 Å². The van der Waals surface area contributed by atoms with Crippen molar-refractivity contribution in [2.45, 2.75) is 45.4 Å². The van der Waals surface area contributed by atoms with Gasteiger partial charge in [0.05, 0.1) is 19.6 Å². The predicted octanol–water partition coefficient (Wildman–Crippen LogP) is 2.90. The van der Waals surface area contributed by atoms with E-state index in [0.29, 0.717) is 0 Å². The molecule has 2 fully saturated rings. The summed E-state index contributed by atoms with van der Waals surface area (Å²) >= 11 is 0. The number of benzene rings is 1. The maximum atomic E-state index is 13.9.